The van der Waals surface area contributed by atoms with Crippen LogP contribution in [0.2, 0.25) is 0 Å². The lowest BCUT2D eigenvalue weighted by Crippen LogP contribution is -2.45. The molecule has 2 aromatic carbocycles. The van der Waals surface area contributed by atoms with E-state index in [-0.39, 0.29) is 16.8 Å². The molecule has 0 fully saturated rings. The minimum atomic E-state index is -0.374. The number of hydrogen-bond donors (Lipinski definition) is 3. The van der Waals surface area contributed by atoms with Crippen molar-refractivity contribution in [1.29, 1.82) is 0 Å². The van der Waals surface area contributed by atoms with Crippen molar-refractivity contribution in [3.8, 4) is 11.5 Å². The van der Waals surface area contributed by atoms with Crippen LogP contribution in [0.15, 0.2) is 48.5 Å². The Balaban J connectivity index is 1.79. The number of carbonyl (C=O) groups is 1. The molecule has 1 amide bonds. The van der Waals surface area contributed by atoms with Crippen LogP contribution in [0.25, 0.3) is 6.08 Å². The van der Waals surface area contributed by atoms with Crippen molar-refractivity contribution < 1.29 is 18.7 Å². The summed E-state index contributed by atoms with van der Waals surface area (Å²) in [5.74, 6) is 0.593. The largest absolute Gasteiger partial charge is 0.493 e. The van der Waals surface area contributed by atoms with Crippen molar-refractivity contribution in [2.75, 3.05) is 13.7 Å². The quantitative estimate of drug-likeness (QED) is 0.348. The standard InChI is InChI=1S/C21H24FN3O3S/c1-3-12-28-18-10-6-15(13-19(18)27-2)7-11-20(26)24-25-21(29)23-14-16-4-8-17(22)9-5-16/h4-11,13H,3,12,14H2,1-2H3,(H,24,26)(H2,23,25,29)/b11-7+. The van der Waals surface area contributed by atoms with E-state index in [4.69, 9.17) is 21.7 Å². The van der Waals surface area contributed by atoms with Crippen LogP contribution in [0.5, 0.6) is 11.5 Å². The van der Waals surface area contributed by atoms with Crippen LogP contribution in [0, 0.1) is 5.82 Å². The lowest BCUT2D eigenvalue weighted by atomic mass is 10.2. The molecule has 154 valence electrons. The van der Waals surface area contributed by atoms with Crippen molar-refractivity contribution in [3.63, 3.8) is 0 Å². The molecule has 0 atom stereocenters. The van der Waals surface area contributed by atoms with Gasteiger partial charge in [-0.1, -0.05) is 25.1 Å². The number of hydrazine groups is 1. The Morgan fingerprint density at radius 2 is 1.90 bits per heavy atom. The Morgan fingerprint density at radius 1 is 1.14 bits per heavy atom. The smallest absolute Gasteiger partial charge is 0.262 e. The van der Waals surface area contributed by atoms with Gasteiger partial charge in [-0.2, -0.15) is 0 Å². The average molecular weight is 418 g/mol. The summed E-state index contributed by atoms with van der Waals surface area (Å²) in [5.41, 5.74) is 6.73. The molecule has 0 bridgehead atoms. The van der Waals surface area contributed by atoms with Gasteiger partial charge in [-0.05, 0) is 60.1 Å². The normalized spacial score (nSPS) is 10.4. The molecule has 0 radical (unpaired) electrons. The van der Waals surface area contributed by atoms with Gasteiger partial charge in [0, 0.05) is 12.6 Å². The summed E-state index contributed by atoms with van der Waals surface area (Å²) in [4.78, 5) is 11.9. The third-order valence-electron chi connectivity index (χ3n) is 3.74. The maximum atomic E-state index is 12.9. The summed E-state index contributed by atoms with van der Waals surface area (Å²) in [6, 6.07) is 11.5. The third kappa shape index (κ3) is 7.79. The average Bonchev–Trinajstić information content (AvgIpc) is 2.74. The predicted octanol–water partition coefficient (Wildman–Crippen LogP) is 3.33. The molecule has 0 spiro atoms. The molecule has 2 aromatic rings. The van der Waals surface area contributed by atoms with Gasteiger partial charge in [0.2, 0.25) is 0 Å². The predicted molar refractivity (Wildman–Crippen MR) is 115 cm³/mol. The SMILES string of the molecule is CCCOc1ccc(/C=C/C(=O)NNC(=S)NCc2ccc(F)cc2)cc1OC. The van der Waals surface area contributed by atoms with E-state index in [0.717, 1.165) is 17.5 Å². The summed E-state index contributed by atoms with van der Waals surface area (Å²) in [6.07, 6.45) is 3.92. The molecular formula is C21H24FN3O3S. The van der Waals surface area contributed by atoms with E-state index in [1.165, 1.54) is 18.2 Å². The van der Waals surface area contributed by atoms with Crippen molar-refractivity contribution in [2.24, 2.45) is 0 Å². The molecule has 0 aliphatic rings. The monoisotopic (exact) mass is 417 g/mol. The first-order chi connectivity index (χ1) is 14.0. The zero-order valence-electron chi connectivity index (χ0n) is 16.3. The summed E-state index contributed by atoms with van der Waals surface area (Å²) < 4.78 is 23.8. The first kappa shape index (κ1) is 22.2. The fourth-order valence-corrected chi connectivity index (χ4v) is 2.40. The number of hydrogen-bond acceptors (Lipinski definition) is 4. The highest BCUT2D eigenvalue weighted by molar-refractivity contribution is 7.80. The van der Waals surface area contributed by atoms with E-state index in [0.29, 0.717) is 24.7 Å². The molecule has 8 heteroatoms. The number of halogens is 1. The number of methoxy groups -OCH3 is 1. The number of ether oxygens (including phenoxy) is 2. The topological polar surface area (TPSA) is 71.6 Å². The van der Waals surface area contributed by atoms with Gasteiger partial charge in [-0.3, -0.25) is 15.6 Å². The molecule has 0 aromatic heterocycles. The molecule has 0 saturated carbocycles. The Hall–Kier alpha value is -3.13. The van der Waals surface area contributed by atoms with Crippen LogP contribution < -0.4 is 25.6 Å². The Labute approximate surface area is 175 Å². The number of thiocarbonyl (C=S) groups is 1. The van der Waals surface area contributed by atoms with Gasteiger partial charge in [0.25, 0.3) is 5.91 Å². The molecule has 6 nitrogen and oxygen atoms in total. The number of nitrogens with one attached hydrogen (secondary N) is 3. The molecule has 0 aliphatic heterocycles. The second-order valence-corrected chi connectivity index (χ2v) is 6.42. The van der Waals surface area contributed by atoms with Gasteiger partial charge in [0.15, 0.2) is 16.6 Å². The van der Waals surface area contributed by atoms with Crippen molar-refractivity contribution in [2.45, 2.75) is 19.9 Å². The van der Waals surface area contributed by atoms with Crippen molar-refractivity contribution in [3.05, 3.63) is 65.5 Å². The minimum absolute atomic E-state index is 0.246. The summed E-state index contributed by atoms with van der Waals surface area (Å²) >= 11 is 5.09. The maximum absolute atomic E-state index is 12.9. The van der Waals surface area contributed by atoms with E-state index in [1.54, 1.807) is 37.5 Å². The minimum Gasteiger partial charge on any atom is -0.493 e. The molecule has 0 unspecified atom stereocenters. The first-order valence-corrected chi connectivity index (χ1v) is 9.49. The molecule has 2 rings (SSSR count). The van der Waals surface area contributed by atoms with Crippen LogP contribution in [-0.2, 0) is 11.3 Å². The van der Waals surface area contributed by atoms with Crippen LogP contribution in [0.3, 0.4) is 0 Å². The van der Waals surface area contributed by atoms with Gasteiger partial charge in [0.05, 0.1) is 13.7 Å². The number of benzene rings is 2. The Kier molecular flexibility index (Phi) is 8.91. The second-order valence-electron chi connectivity index (χ2n) is 6.02. The van der Waals surface area contributed by atoms with Crippen LogP contribution in [0.1, 0.15) is 24.5 Å². The fourth-order valence-electron chi connectivity index (χ4n) is 2.28. The highest BCUT2D eigenvalue weighted by Crippen LogP contribution is 2.28. The maximum Gasteiger partial charge on any atom is 0.262 e. The van der Waals surface area contributed by atoms with E-state index in [1.807, 2.05) is 13.0 Å². The van der Waals surface area contributed by atoms with Crippen molar-refractivity contribution >= 4 is 29.3 Å². The molecule has 3 N–H and O–H groups in total. The highest BCUT2D eigenvalue weighted by atomic mass is 32.1. The van der Waals surface area contributed by atoms with E-state index in [2.05, 4.69) is 16.2 Å². The number of carbonyl (C=O) groups excluding carboxylic acids is 1. The summed E-state index contributed by atoms with van der Waals surface area (Å²) in [5, 5.41) is 3.16. The van der Waals surface area contributed by atoms with Crippen molar-refractivity contribution in [1.82, 2.24) is 16.2 Å². The van der Waals surface area contributed by atoms with Gasteiger partial charge < -0.3 is 14.8 Å². The lowest BCUT2D eigenvalue weighted by Gasteiger charge is -2.11. The van der Waals surface area contributed by atoms with Gasteiger partial charge in [-0.25, -0.2) is 4.39 Å². The Bertz CT molecular complexity index is 857. The second kappa shape index (κ2) is 11.7. The fraction of sp³-hybridized carbons (Fsp3) is 0.238. The molecule has 0 saturated heterocycles. The van der Waals surface area contributed by atoms with E-state index >= 15 is 0 Å². The highest BCUT2D eigenvalue weighted by Gasteiger charge is 2.05. The molecular weight excluding hydrogens is 393 g/mol. The van der Waals surface area contributed by atoms with Gasteiger partial charge in [-0.15, -0.1) is 0 Å². The van der Waals surface area contributed by atoms with E-state index in [9.17, 15) is 9.18 Å². The zero-order valence-corrected chi connectivity index (χ0v) is 17.1. The summed E-state index contributed by atoms with van der Waals surface area (Å²) in [7, 11) is 1.57. The Morgan fingerprint density at radius 3 is 2.59 bits per heavy atom. The van der Waals surface area contributed by atoms with Gasteiger partial charge >= 0.3 is 0 Å². The molecule has 0 heterocycles. The first-order valence-electron chi connectivity index (χ1n) is 9.09. The van der Waals surface area contributed by atoms with Crippen LogP contribution >= 0.6 is 12.2 Å². The molecule has 29 heavy (non-hydrogen) atoms. The summed E-state index contributed by atoms with van der Waals surface area (Å²) in [6.45, 7) is 3.04. The van der Waals surface area contributed by atoms with Gasteiger partial charge in [0.1, 0.15) is 5.82 Å². The lowest BCUT2D eigenvalue weighted by molar-refractivity contribution is -0.116. The van der Waals surface area contributed by atoms with E-state index < -0.39 is 0 Å². The third-order valence-corrected chi connectivity index (χ3v) is 3.99. The molecule has 0 aliphatic carbocycles. The van der Waals surface area contributed by atoms with Crippen LogP contribution in [0.4, 0.5) is 4.39 Å². The van der Waals surface area contributed by atoms with Crippen LogP contribution in [-0.4, -0.2) is 24.7 Å². The number of rotatable bonds is 8. The number of amides is 1. The zero-order chi connectivity index (χ0) is 21.1.